The molecule has 0 heterocycles. The van der Waals surface area contributed by atoms with Crippen LogP contribution in [0.15, 0.2) is 24.3 Å². The summed E-state index contributed by atoms with van der Waals surface area (Å²) >= 11 is 0. The Morgan fingerprint density at radius 3 is 2.33 bits per heavy atom. The molecule has 0 aromatic heterocycles. The molecule has 3 nitrogen and oxygen atoms in total. The lowest BCUT2D eigenvalue weighted by Gasteiger charge is -2.14. The van der Waals surface area contributed by atoms with E-state index in [9.17, 15) is 0 Å². The highest BCUT2D eigenvalue weighted by Gasteiger charge is 2.04. The molecular formula is C11H18ClNO2. The maximum Gasteiger partial charge on any atom is 0.161 e. The lowest BCUT2D eigenvalue weighted by atomic mass is 10.3. The molecule has 0 saturated heterocycles. The molecule has 0 amide bonds. The first-order valence-electron chi connectivity index (χ1n) is 4.82. The standard InChI is InChI=1S/C11H17NO2.ClH/c1-9(2)14-11-6-4-3-5-10(11)13-8-7-12;/h3-6,9H,7-8,12H2,1-2H3;1H. The zero-order valence-electron chi connectivity index (χ0n) is 9.10. The molecule has 1 rings (SSSR count). The van der Waals surface area contributed by atoms with Crippen molar-refractivity contribution < 1.29 is 9.47 Å². The van der Waals surface area contributed by atoms with E-state index in [1.165, 1.54) is 0 Å². The number of rotatable bonds is 5. The largest absolute Gasteiger partial charge is 0.488 e. The van der Waals surface area contributed by atoms with E-state index in [2.05, 4.69) is 0 Å². The molecule has 0 aliphatic heterocycles. The van der Waals surface area contributed by atoms with Gasteiger partial charge in [0.2, 0.25) is 0 Å². The van der Waals surface area contributed by atoms with Crippen molar-refractivity contribution in [2.24, 2.45) is 5.73 Å². The first kappa shape index (κ1) is 14.1. The Balaban J connectivity index is 0.00000196. The van der Waals surface area contributed by atoms with Gasteiger partial charge in [0.25, 0.3) is 0 Å². The molecule has 0 bridgehead atoms. The summed E-state index contributed by atoms with van der Waals surface area (Å²) in [7, 11) is 0. The van der Waals surface area contributed by atoms with Gasteiger partial charge in [0.15, 0.2) is 11.5 Å². The van der Waals surface area contributed by atoms with E-state index in [-0.39, 0.29) is 18.5 Å². The topological polar surface area (TPSA) is 44.5 Å². The van der Waals surface area contributed by atoms with Crippen LogP contribution in [-0.2, 0) is 0 Å². The third-order valence-corrected chi connectivity index (χ3v) is 1.59. The molecule has 0 unspecified atom stereocenters. The van der Waals surface area contributed by atoms with E-state index in [0.29, 0.717) is 13.2 Å². The Morgan fingerprint density at radius 1 is 1.20 bits per heavy atom. The number of nitrogens with two attached hydrogens (primary N) is 1. The van der Waals surface area contributed by atoms with E-state index in [1.807, 2.05) is 38.1 Å². The number of para-hydroxylation sites is 2. The summed E-state index contributed by atoms with van der Waals surface area (Å²) in [5, 5.41) is 0. The Labute approximate surface area is 97.0 Å². The molecule has 1 aromatic rings. The van der Waals surface area contributed by atoms with Crippen LogP contribution in [0.3, 0.4) is 0 Å². The van der Waals surface area contributed by atoms with Crippen LogP contribution in [0.25, 0.3) is 0 Å². The number of halogens is 1. The van der Waals surface area contributed by atoms with Gasteiger partial charge in [-0.25, -0.2) is 0 Å². The van der Waals surface area contributed by atoms with Crippen molar-refractivity contribution in [2.75, 3.05) is 13.2 Å². The Kier molecular flexibility index (Phi) is 6.92. The number of ether oxygens (including phenoxy) is 2. The molecule has 0 atom stereocenters. The van der Waals surface area contributed by atoms with Crippen LogP contribution in [0.5, 0.6) is 11.5 Å². The van der Waals surface area contributed by atoms with Crippen LogP contribution in [0.2, 0.25) is 0 Å². The summed E-state index contributed by atoms with van der Waals surface area (Å²) in [5.41, 5.74) is 5.36. The summed E-state index contributed by atoms with van der Waals surface area (Å²) in [6.45, 7) is 4.99. The zero-order chi connectivity index (χ0) is 10.4. The second-order valence-corrected chi connectivity index (χ2v) is 3.25. The summed E-state index contributed by atoms with van der Waals surface area (Å²) < 4.78 is 11.0. The van der Waals surface area contributed by atoms with E-state index in [1.54, 1.807) is 0 Å². The first-order valence-corrected chi connectivity index (χ1v) is 4.82. The third-order valence-electron chi connectivity index (χ3n) is 1.59. The van der Waals surface area contributed by atoms with Gasteiger partial charge in [-0.2, -0.15) is 0 Å². The highest BCUT2D eigenvalue weighted by atomic mass is 35.5. The van der Waals surface area contributed by atoms with E-state index in [4.69, 9.17) is 15.2 Å². The first-order chi connectivity index (χ1) is 6.74. The van der Waals surface area contributed by atoms with Crippen molar-refractivity contribution in [2.45, 2.75) is 20.0 Å². The molecule has 0 fully saturated rings. The third kappa shape index (κ3) is 4.91. The van der Waals surface area contributed by atoms with Crippen LogP contribution in [-0.4, -0.2) is 19.3 Å². The lowest BCUT2D eigenvalue weighted by Crippen LogP contribution is -2.12. The minimum Gasteiger partial charge on any atom is -0.488 e. The maximum absolute atomic E-state index is 5.58. The summed E-state index contributed by atoms with van der Waals surface area (Å²) in [6, 6.07) is 7.62. The average Bonchev–Trinajstić information content (AvgIpc) is 2.16. The minimum atomic E-state index is 0. The molecule has 1 aromatic carbocycles. The number of benzene rings is 1. The Hall–Kier alpha value is -0.930. The van der Waals surface area contributed by atoms with Crippen molar-refractivity contribution >= 4 is 12.4 Å². The van der Waals surface area contributed by atoms with Gasteiger partial charge < -0.3 is 15.2 Å². The maximum atomic E-state index is 5.58. The molecule has 0 saturated carbocycles. The van der Waals surface area contributed by atoms with Gasteiger partial charge in [0.05, 0.1) is 6.10 Å². The van der Waals surface area contributed by atoms with Crippen LogP contribution in [0.1, 0.15) is 13.8 Å². The second kappa shape index (κ2) is 7.37. The summed E-state index contributed by atoms with van der Waals surface area (Å²) in [5.74, 6) is 1.53. The highest BCUT2D eigenvalue weighted by Crippen LogP contribution is 2.27. The molecular weight excluding hydrogens is 214 g/mol. The fraction of sp³-hybridized carbons (Fsp3) is 0.455. The molecule has 0 aliphatic rings. The van der Waals surface area contributed by atoms with Crippen molar-refractivity contribution in [1.82, 2.24) is 0 Å². The van der Waals surface area contributed by atoms with Gasteiger partial charge in [-0.15, -0.1) is 12.4 Å². The van der Waals surface area contributed by atoms with Crippen molar-refractivity contribution in [3.8, 4) is 11.5 Å². The lowest BCUT2D eigenvalue weighted by molar-refractivity contribution is 0.222. The average molecular weight is 232 g/mol. The Bertz CT molecular complexity index is 279. The fourth-order valence-electron chi connectivity index (χ4n) is 1.09. The van der Waals surface area contributed by atoms with E-state index < -0.39 is 0 Å². The number of hydrogen-bond acceptors (Lipinski definition) is 3. The second-order valence-electron chi connectivity index (χ2n) is 3.25. The highest BCUT2D eigenvalue weighted by molar-refractivity contribution is 5.85. The van der Waals surface area contributed by atoms with E-state index >= 15 is 0 Å². The molecule has 4 heteroatoms. The van der Waals surface area contributed by atoms with E-state index in [0.717, 1.165) is 11.5 Å². The zero-order valence-corrected chi connectivity index (χ0v) is 9.92. The molecule has 0 aliphatic carbocycles. The van der Waals surface area contributed by atoms with Crippen LogP contribution < -0.4 is 15.2 Å². The summed E-state index contributed by atoms with van der Waals surface area (Å²) in [6.07, 6.45) is 0.151. The van der Waals surface area contributed by atoms with Crippen LogP contribution in [0.4, 0.5) is 0 Å². The van der Waals surface area contributed by atoms with Crippen molar-refractivity contribution in [3.05, 3.63) is 24.3 Å². The normalized spacial score (nSPS) is 9.60. The fourth-order valence-corrected chi connectivity index (χ4v) is 1.09. The van der Waals surface area contributed by atoms with Gasteiger partial charge in [-0.1, -0.05) is 12.1 Å². The van der Waals surface area contributed by atoms with Gasteiger partial charge >= 0.3 is 0 Å². The quantitative estimate of drug-likeness (QED) is 0.845. The molecule has 15 heavy (non-hydrogen) atoms. The van der Waals surface area contributed by atoms with Crippen LogP contribution >= 0.6 is 12.4 Å². The predicted molar refractivity (Wildman–Crippen MR) is 64.0 cm³/mol. The monoisotopic (exact) mass is 231 g/mol. The molecule has 2 N–H and O–H groups in total. The molecule has 86 valence electrons. The predicted octanol–water partition coefficient (Wildman–Crippen LogP) is 2.23. The van der Waals surface area contributed by atoms with Gasteiger partial charge in [0, 0.05) is 6.54 Å². The summed E-state index contributed by atoms with van der Waals surface area (Å²) in [4.78, 5) is 0. The SMILES string of the molecule is CC(C)Oc1ccccc1OCCN.Cl. The molecule has 0 radical (unpaired) electrons. The van der Waals surface area contributed by atoms with Crippen molar-refractivity contribution in [3.63, 3.8) is 0 Å². The Morgan fingerprint density at radius 2 is 1.80 bits per heavy atom. The minimum absolute atomic E-state index is 0. The van der Waals surface area contributed by atoms with Gasteiger partial charge in [-0.3, -0.25) is 0 Å². The van der Waals surface area contributed by atoms with Gasteiger partial charge in [0.1, 0.15) is 6.61 Å². The smallest absolute Gasteiger partial charge is 0.161 e. The van der Waals surface area contributed by atoms with Crippen molar-refractivity contribution in [1.29, 1.82) is 0 Å². The van der Waals surface area contributed by atoms with Crippen LogP contribution in [0, 0.1) is 0 Å². The number of hydrogen-bond donors (Lipinski definition) is 1. The molecule has 0 spiro atoms. The van der Waals surface area contributed by atoms with Gasteiger partial charge in [-0.05, 0) is 26.0 Å².